The van der Waals surface area contributed by atoms with Crippen molar-refractivity contribution in [3.63, 3.8) is 0 Å². The van der Waals surface area contributed by atoms with Crippen LogP contribution in [0.3, 0.4) is 0 Å². The van der Waals surface area contributed by atoms with Gasteiger partial charge in [0, 0.05) is 12.2 Å². The molecular weight excluding hydrogens is 192 g/mol. The fourth-order valence-electron chi connectivity index (χ4n) is 1.48. The fourth-order valence-corrected chi connectivity index (χ4v) is 1.48. The van der Waals surface area contributed by atoms with E-state index in [4.69, 9.17) is 4.42 Å². The highest BCUT2D eigenvalue weighted by Gasteiger charge is 2.09. The van der Waals surface area contributed by atoms with Gasteiger partial charge in [-0.3, -0.25) is 0 Å². The quantitative estimate of drug-likeness (QED) is 0.819. The summed E-state index contributed by atoms with van der Waals surface area (Å²) in [5.74, 6) is 0. The van der Waals surface area contributed by atoms with Gasteiger partial charge in [-0.15, -0.1) is 0 Å². The Bertz CT molecular complexity index is 458. The summed E-state index contributed by atoms with van der Waals surface area (Å²) >= 11 is 0. The summed E-state index contributed by atoms with van der Waals surface area (Å²) in [7, 11) is 1.87. The van der Waals surface area contributed by atoms with E-state index >= 15 is 0 Å². The van der Waals surface area contributed by atoms with Gasteiger partial charge in [-0.25, -0.2) is 0 Å². The molecule has 5 heteroatoms. The monoisotopic (exact) mass is 206 g/mol. The zero-order valence-electron chi connectivity index (χ0n) is 9.11. The second-order valence-corrected chi connectivity index (χ2v) is 3.49. The topological polar surface area (TPSA) is 55.9 Å². The van der Waals surface area contributed by atoms with Gasteiger partial charge >= 0.3 is 6.01 Å². The van der Waals surface area contributed by atoms with Gasteiger partial charge in [-0.1, -0.05) is 0 Å². The van der Waals surface area contributed by atoms with Crippen molar-refractivity contribution in [2.75, 3.05) is 7.05 Å². The van der Waals surface area contributed by atoms with Gasteiger partial charge in [-0.2, -0.15) is 14.8 Å². The summed E-state index contributed by atoms with van der Waals surface area (Å²) in [6.45, 7) is 4.62. The zero-order chi connectivity index (χ0) is 10.8. The van der Waals surface area contributed by atoms with Crippen LogP contribution in [0.4, 0.5) is 0 Å². The van der Waals surface area contributed by atoms with E-state index < -0.39 is 0 Å². The first kappa shape index (κ1) is 9.92. The van der Waals surface area contributed by atoms with Crippen LogP contribution >= 0.6 is 0 Å². The molecule has 0 atom stereocenters. The third-order valence-electron chi connectivity index (χ3n) is 2.09. The molecule has 0 radical (unpaired) electrons. The van der Waals surface area contributed by atoms with Gasteiger partial charge in [-0.05, 0) is 27.0 Å². The van der Waals surface area contributed by atoms with Crippen molar-refractivity contribution in [2.24, 2.45) is 0 Å². The highest BCUT2D eigenvalue weighted by molar-refractivity contribution is 5.17. The van der Waals surface area contributed by atoms with Gasteiger partial charge in [0.1, 0.15) is 6.26 Å². The zero-order valence-corrected chi connectivity index (χ0v) is 9.11. The Morgan fingerprint density at radius 3 is 2.87 bits per heavy atom. The summed E-state index contributed by atoms with van der Waals surface area (Å²) in [5.41, 5.74) is 2.85. The minimum absolute atomic E-state index is 0.519. The van der Waals surface area contributed by atoms with Crippen molar-refractivity contribution in [1.29, 1.82) is 0 Å². The first-order valence-corrected chi connectivity index (χ1v) is 4.83. The van der Waals surface area contributed by atoms with Crippen LogP contribution in [0.15, 0.2) is 16.7 Å². The standard InChI is InChI=1S/C10H14N4O/c1-7-4-8(2)14(13-7)10-12-9(5-11-3)6-15-10/h4,6,11H,5H2,1-3H3. The van der Waals surface area contributed by atoms with Crippen LogP contribution in [0.1, 0.15) is 17.1 Å². The Labute approximate surface area is 88.1 Å². The highest BCUT2D eigenvalue weighted by Crippen LogP contribution is 2.11. The molecule has 0 aromatic carbocycles. The van der Waals surface area contributed by atoms with Crippen LogP contribution in [0.2, 0.25) is 0 Å². The average Bonchev–Trinajstić information content (AvgIpc) is 2.73. The summed E-state index contributed by atoms with van der Waals surface area (Å²) in [6.07, 6.45) is 1.64. The van der Waals surface area contributed by atoms with Crippen molar-refractivity contribution in [3.05, 3.63) is 29.4 Å². The summed E-state index contributed by atoms with van der Waals surface area (Å²) in [5, 5.41) is 7.31. The maximum absolute atomic E-state index is 5.35. The first-order chi connectivity index (χ1) is 7.20. The van der Waals surface area contributed by atoms with E-state index in [1.807, 2.05) is 27.0 Å². The molecule has 0 spiro atoms. The predicted octanol–water partition coefficient (Wildman–Crippen LogP) is 1.20. The Morgan fingerprint density at radius 2 is 2.27 bits per heavy atom. The second kappa shape index (κ2) is 3.86. The van der Waals surface area contributed by atoms with E-state index in [9.17, 15) is 0 Å². The van der Waals surface area contributed by atoms with E-state index in [0.29, 0.717) is 12.6 Å². The predicted molar refractivity (Wildman–Crippen MR) is 55.9 cm³/mol. The third-order valence-corrected chi connectivity index (χ3v) is 2.09. The first-order valence-electron chi connectivity index (χ1n) is 4.83. The van der Waals surface area contributed by atoms with Crippen molar-refractivity contribution < 1.29 is 4.42 Å². The van der Waals surface area contributed by atoms with E-state index in [2.05, 4.69) is 15.4 Å². The summed E-state index contributed by atoms with van der Waals surface area (Å²) < 4.78 is 7.05. The van der Waals surface area contributed by atoms with Crippen LogP contribution in [0.5, 0.6) is 0 Å². The van der Waals surface area contributed by atoms with Crippen LogP contribution in [0.25, 0.3) is 6.01 Å². The van der Waals surface area contributed by atoms with Gasteiger partial charge in [0.2, 0.25) is 0 Å². The number of nitrogens with zero attached hydrogens (tertiary/aromatic N) is 3. The van der Waals surface area contributed by atoms with Crippen LogP contribution in [0, 0.1) is 13.8 Å². The SMILES string of the molecule is CNCc1coc(-n2nc(C)cc2C)n1. The third kappa shape index (κ3) is 1.92. The molecular formula is C10H14N4O. The van der Waals surface area contributed by atoms with Gasteiger partial charge in [0.15, 0.2) is 0 Å². The minimum atomic E-state index is 0.519. The number of aryl methyl sites for hydroxylation is 2. The van der Waals surface area contributed by atoms with Crippen LogP contribution in [-0.4, -0.2) is 21.8 Å². The maximum atomic E-state index is 5.35. The Morgan fingerprint density at radius 1 is 1.47 bits per heavy atom. The molecule has 0 saturated carbocycles. The number of rotatable bonds is 3. The molecule has 0 aliphatic heterocycles. The van der Waals surface area contributed by atoms with Crippen molar-refractivity contribution in [1.82, 2.24) is 20.1 Å². The lowest BCUT2D eigenvalue weighted by molar-refractivity contribution is 0.504. The molecule has 0 aliphatic carbocycles. The molecule has 0 unspecified atom stereocenters. The minimum Gasteiger partial charge on any atom is -0.430 e. The normalized spacial score (nSPS) is 10.9. The van der Waals surface area contributed by atoms with Crippen molar-refractivity contribution in [2.45, 2.75) is 20.4 Å². The Hall–Kier alpha value is -1.62. The number of hydrogen-bond donors (Lipinski definition) is 1. The van der Waals surface area contributed by atoms with E-state index in [-0.39, 0.29) is 0 Å². The smallest absolute Gasteiger partial charge is 0.323 e. The molecule has 1 N–H and O–H groups in total. The molecule has 5 nitrogen and oxygen atoms in total. The van der Waals surface area contributed by atoms with E-state index in [1.54, 1.807) is 10.9 Å². The Balaban J connectivity index is 2.32. The van der Waals surface area contributed by atoms with Crippen molar-refractivity contribution in [3.8, 4) is 6.01 Å². The van der Waals surface area contributed by atoms with Crippen LogP contribution < -0.4 is 5.32 Å². The van der Waals surface area contributed by atoms with Crippen molar-refractivity contribution >= 4 is 0 Å². The van der Waals surface area contributed by atoms with E-state index in [0.717, 1.165) is 17.1 Å². The number of hydrogen-bond acceptors (Lipinski definition) is 4. The summed E-state index contributed by atoms with van der Waals surface area (Å²) in [6, 6.07) is 2.51. The lowest BCUT2D eigenvalue weighted by Crippen LogP contribution is -2.06. The fraction of sp³-hybridized carbons (Fsp3) is 0.400. The molecule has 2 heterocycles. The van der Waals surface area contributed by atoms with Crippen LogP contribution in [-0.2, 0) is 6.54 Å². The summed E-state index contributed by atoms with van der Waals surface area (Å²) in [4.78, 5) is 4.32. The highest BCUT2D eigenvalue weighted by atomic mass is 16.4. The van der Waals surface area contributed by atoms with Gasteiger partial charge < -0.3 is 9.73 Å². The number of oxazole rings is 1. The second-order valence-electron chi connectivity index (χ2n) is 3.49. The molecule has 0 saturated heterocycles. The lowest BCUT2D eigenvalue weighted by Gasteiger charge is -1.95. The number of nitrogens with one attached hydrogen (secondary N) is 1. The molecule has 0 fully saturated rings. The van der Waals surface area contributed by atoms with E-state index in [1.165, 1.54) is 0 Å². The molecule has 0 bridgehead atoms. The average molecular weight is 206 g/mol. The van der Waals surface area contributed by atoms with Gasteiger partial charge in [0.05, 0.1) is 11.4 Å². The largest absolute Gasteiger partial charge is 0.430 e. The molecule has 2 aromatic rings. The maximum Gasteiger partial charge on any atom is 0.323 e. The van der Waals surface area contributed by atoms with Gasteiger partial charge in [0.25, 0.3) is 0 Å². The lowest BCUT2D eigenvalue weighted by atomic mass is 10.4. The molecule has 2 aromatic heterocycles. The Kier molecular flexibility index (Phi) is 2.55. The molecule has 0 aliphatic rings. The molecule has 80 valence electrons. The number of aromatic nitrogens is 3. The molecule has 0 amide bonds. The molecule has 2 rings (SSSR count). The molecule has 15 heavy (non-hydrogen) atoms.